The van der Waals surface area contributed by atoms with Gasteiger partial charge >= 0.3 is 0 Å². The number of rotatable bonds is 4. The van der Waals surface area contributed by atoms with Crippen LogP contribution in [0.1, 0.15) is 11.3 Å². The Morgan fingerprint density at radius 3 is 2.75 bits per heavy atom. The molecule has 2 rings (SSSR count). The molecular formula is C12H21N3S. The lowest BCUT2D eigenvalue weighted by atomic mass is 10.3. The summed E-state index contributed by atoms with van der Waals surface area (Å²) in [5.74, 6) is 0. The van der Waals surface area contributed by atoms with Crippen LogP contribution in [0.15, 0.2) is 17.5 Å². The van der Waals surface area contributed by atoms with Gasteiger partial charge in [-0.1, -0.05) is 6.07 Å². The molecule has 0 aliphatic carbocycles. The van der Waals surface area contributed by atoms with Crippen molar-refractivity contribution >= 4 is 11.3 Å². The maximum absolute atomic E-state index is 5.60. The minimum atomic E-state index is 0.783. The molecule has 0 bridgehead atoms. The van der Waals surface area contributed by atoms with Crippen LogP contribution in [-0.4, -0.2) is 49.1 Å². The minimum Gasteiger partial charge on any atom is -0.329 e. The van der Waals surface area contributed by atoms with Gasteiger partial charge in [-0.25, -0.2) is 0 Å². The van der Waals surface area contributed by atoms with Gasteiger partial charge in [0.05, 0.1) is 0 Å². The minimum absolute atomic E-state index is 0.783. The molecule has 1 fully saturated rings. The molecule has 1 aliphatic rings. The second-order valence-electron chi connectivity index (χ2n) is 4.34. The highest BCUT2D eigenvalue weighted by Gasteiger charge is 2.14. The topological polar surface area (TPSA) is 32.5 Å². The van der Waals surface area contributed by atoms with Crippen molar-refractivity contribution in [2.75, 3.05) is 39.3 Å². The van der Waals surface area contributed by atoms with Crippen LogP contribution in [0, 0.1) is 0 Å². The van der Waals surface area contributed by atoms with Gasteiger partial charge in [0.25, 0.3) is 0 Å². The van der Waals surface area contributed by atoms with Crippen molar-refractivity contribution in [3.05, 3.63) is 22.4 Å². The van der Waals surface area contributed by atoms with Gasteiger partial charge in [-0.15, -0.1) is 11.3 Å². The summed E-state index contributed by atoms with van der Waals surface area (Å²) in [5, 5.41) is 2.16. The summed E-state index contributed by atoms with van der Waals surface area (Å²) in [5.41, 5.74) is 5.60. The molecule has 1 aromatic rings. The van der Waals surface area contributed by atoms with Crippen LogP contribution in [-0.2, 0) is 6.54 Å². The summed E-state index contributed by atoms with van der Waals surface area (Å²) < 4.78 is 0. The Labute approximate surface area is 102 Å². The Balaban J connectivity index is 1.80. The van der Waals surface area contributed by atoms with Crippen molar-refractivity contribution in [1.82, 2.24) is 9.80 Å². The second kappa shape index (κ2) is 6.35. The molecule has 3 nitrogen and oxygen atoms in total. The SMILES string of the molecule is NCCN1CCCN(Cc2cccs2)CC1. The molecule has 4 heteroatoms. The van der Waals surface area contributed by atoms with Gasteiger partial charge < -0.3 is 10.6 Å². The molecule has 0 unspecified atom stereocenters. The Morgan fingerprint density at radius 1 is 1.19 bits per heavy atom. The zero-order chi connectivity index (χ0) is 11.2. The summed E-state index contributed by atoms with van der Waals surface area (Å²) in [7, 11) is 0. The fourth-order valence-electron chi connectivity index (χ4n) is 2.21. The van der Waals surface area contributed by atoms with Crippen LogP contribution >= 0.6 is 11.3 Å². The fraction of sp³-hybridized carbons (Fsp3) is 0.667. The zero-order valence-electron chi connectivity index (χ0n) is 9.77. The Hall–Kier alpha value is -0.420. The molecule has 1 saturated heterocycles. The molecule has 0 radical (unpaired) electrons. The van der Waals surface area contributed by atoms with E-state index >= 15 is 0 Å². The predicted octanol–water partition coefficient (Wildman–Crippen LogP) is 1.21. The third-order valence-electron chi connectivity index (χ3n) is 3.09. The van der Waals surface area contributed by atoms with Crippen molar-refractivity contribution in [2.45, 2.75) is 13.0 Å². The highest BCUT2D eigenvalue weighted by molar-refractivity contribution is 7.09. The first-order valence-electron chi connectivity index (χ1n) is 6.05. The summed E-state index contributed by atoms with van der Waals surface area (Å²) in [6, 6.07) is 4.37. The second-order valence-corrected chi connectivity index (χ2v) is 5.37. The van der Waals surface area contributed by atoms with Crippen molar-refractivity contribution in [1.29, 1.82) is 0 Å². The summed E-state index contributed by atoms with van der Waals surface area (Å²) in [4.78, 5) is 6.52. The van der Waals surface area contributed by atoms with Crippen LogP contribution in [0.5, 0.6) is 0 Å². The molecule has 0 saturated carbocycles. The summed E-state index contributed by atoms with van der Waals surface area (Å²) >= 11 is 1.86. The molecule has 0 atom stereocenters. The van der Waals surface area contributed by atoms with E-state index in [2.05, 4.69) is 27.3 Å². The van der Waals surface area contributed by atoms with Gasteiger partial charge in [-0.05, 0) is 31.0 Å². The van der Waals surface area contributed by atoms with Gasteiger partial charge in [0, 0.05) is 37.6 Å². The number of nitrogens with two attached hydrogens (primary N) is 1. The largest absolute Gasteiger partial charge is 0.329 e. The molecule has 1 aliphatic heterocycles. The fourth-order valence-corrected chi connectivity index (χ4v) is 2.96. The molecule has 90 valence electrons. The molecule has 2 N–H and O–H groups in total. The van der Waals surface area contributed by atoms with Crippen LogP contribution in [0.2, 0.25) is 0 Å². The lowest BCUT2D eigenvalue weighted by molar-refractivity contribution is 0.256. The van der Waals surface area contributed by atoms with E-state index in [1.807, 2.05) is 11.3 Å². The van der Waals surface area contributed by atoms with E-state index in [4.69, 9.17) is 5.73 Å². The average Bonchev–Trinajstić information content (AvgIpc) is 2.68. The van der Waals surface area contributed by atoms with Crippen LogP contribution in [0.3, 0.4) is 0 Å². The zero-order valence-corrected chi connectivity index (χ0v) is 10.6. The van der Waals surface area contributed by atoms with Crippen LogP contribution < -0.4 is 5.73 Å². The molecule has 0 aromatic carbocycles. The van der Waals surface area contributed by atoms with Gasteiger partial charge in [0.2, 0.25) is 0 Å². The standard InChI is InChI=1S/C12H21N3S/c13-4-7-14-5-2-6-15(9-8-14)11-12-3-1-10-16-12/h1,3,10H,2,4-9,11,13H2. The smallest absolute Gasteiger partial charge is 0.0328 e. The van der Waals surface area contributed by atoms with Crippen molar-refractivity contribution in [2.24, 2.45) is 5.73 Å². The van der Waals surface area contributed by atoms with Gasteiger partial charge in [-0.2, -0.15) is 0 Å². The van der Waals surface area contributed by atoms with E-state index in [9.17, 15) is 0 Å². The van der Waals surface area contributed by atoms with Gasteiger partial charge in [0.1, 0.15) is 0 Å². The first-order chi connectivity index (χ1) is 7.88. The number of hydrogen-bond acceptors (Lipinski definition) is 4. The third-order valence-corrected chi connectivity index (χ3v) is 3.95. The van der Waals surface area contributed by atoms with E-state index in [1.165, 1.54) is 37.5 Å². The quantitative estimate of drug-likeness (QED) is 0.857. The van der Waals surface area contributed by atoms with E-state index in [0.717, 1.165) is 19.6 Å². The van der Waals surface area contributed by atoms with Crippen LogP contribution in [0.4, 0.5) is 0 Å². The van der Waals surface area contributed by atoms with Gasteiger partial charge in [0.15, 0.2) is 0 Å². The average molecular weight is 239 g/mol. The lowest BCUT2D eigenvalue weighted by Crippen LogP contribution is -2.33. The predicted molar refractivity (Wildman–Crippen MR) is 69.7 cm³/mol. The van der Waals surface area contributed by atoms with E-state index in [0.29, 0.717) is 0 Å². The first-order valence-corrected chi connectivity index (χ1v) is 6.93. The first kappa shape index (κ1) is 12.0. The summed E-state index contributed by atoms with van der Waals surface area (Å²) in [6.45, 7) is 7.73. The van der Waals surface area contributed by atoms with Gasteiger partial charge in [-0.3, -0.25) is 4.90 Å². The third kappa shape index (κ3) is 3.56. The summed E-state index contributed by atoms with van der Waals surface area (Å²) in [6.07, 6.45) is 1.27. The van der Waals surface area contributed by atoms with E-state index < -0.39 is 0 Å². The van der Waals surface area contributed by atoms with E-state index in [1.54, 1.807) is 0 Å². The highest BCUT2D eigenvalue weighted by Crippen LogP contribution is 2.13. The maximum Gasteiger partial charge on any atom is 0.0328 e. The monoisotopic (exact) mass is 239 g/mol. The Kier molecular flexibility index (Phi) is 4.78. The maximum atomic E-state index is 5.60. The molecule has 2 heterocycles. The molecule has 1 aromatic heterocycles. The van der Waals surface area contributed by atoms with Crippen molar-refractivity contribution in [3.63, 3.8) is 0 Å². The lowest BCUT2D eigenvalue weighted by Gasteiger charge is -2.20. The number of thiophene rings is 1. The molecule has 16 heavy (non-hydrogen) atoms. The molecular weight excluding hydrogens is 218 g/mol. The van der Waals surface area contributed by atoms with Crippen LogP contribution in [0.25, 0.3) is 0 Å². The molecule has 0 spiro atoms. The Morgan fingerprint density at radius 2 is 2.00 bits per heavy atom. The van der Waals surface area contributed by atoms with Crippen molar-refractivity contribution < 1.29 is 0 Å². The number of nitrogens with zero attached hydrogens (tertiary/aromatic N) is 2. The normalized spacial score (nSPS) is 19.8. The Bertz CT molecular complexity index is 286. The molecule has 0 amide bonds. The highest BCUT2D eigenvalue weighted by atomic mass is 32.1. The van der Waals surface area contributed by atoms with Crippen molar-refractivity contribution in [3.8, 4) is 0 Å². The number of hydrogen-bond donors (Lipinski definition) is 1. The van der Waals surface area contributed by atoms with E-state index in [-0.39, 0.29) is 0 Å².